The number of carbonyl (C=O) groups excluding carboxylic acids is 2. The molecule has 0 atom stereocenters. The van der Waals surface area contributed by atoms with Crippen LogP contribution >= 0.6 is 0 Å². The van der Waals surface area contributed by atoms with Crippen LogP contribution in [-0.2, 0) is 21.7 Å². The standard InChI is InChI=1S/2C17H16F2NO.2C5H5.Ti/c2*1-12(2)11-20(16-9-8-14(18)10-15(16)19)17(21)13-6-4-3-5-7-13;2*1-2-4-5-3-1;/h2*3-9,12H,11H2,1-2H3;2*1-5H;/q4*-1;+4. The van der Waals surface area contributed by atoms with Crippen LogP contribution in [0.2, 0.25) is 0 Å². The number of hydrogen-bond acceptors (Lipinski definition) is 2. The summed E-state index contributed by atoms with van der Waals surface area (Å²) in [4.78, 5) is 27.8. The molecule has 0 aliphatic rings. The monoisotopic (exact) mass is 754 g/mol. The minimum atomic E-state index is -0.861. The quantitative estimate of drug-likeness (QED) is 0.0882. The van der Waals surface area contributed by atoms with Crippen molar-refractivity contribution in [2.24, 2.45) is 11.8 Å². The fourth-order valence-corrected chi connectivity index (χ4v) is 4.71. The molecule has 0 radical (unpaired) electrons. The average Bonchev–Trinajstić information content (AvgIpc) is 3.91. The maximum absolute atomic E-state index is 13.9. The van der Waals surface area contributed by atoms with Crippen molar-refractivity contribution < 1.29 is 48.9 Å². The van der Waals surface area contributed by atoms with Crippen molar-refractivity contribution in [2.75, 3.05) is 22.9 Å². The van der Waals surface area contributed by atoms with Crippen LogP contribution in [0.5, 0.6) is 0 Å². The number of anilines is 2. The summed E-state index contributed by atoms with van der Waals surface area (Å²) in [5.41, 5.74) is 1.00. The van der Waals surface area contributed by atoms with Crippen molar-refractivity contribution in [3.05, 3.63) is 192 Å². The van der Waals surface area contributed by atoms with Gasteiger partial charge in [-0.3, -0.25) is 9.59 Å². The number of hydrogen-bond donors (Lipinski definition) is 0. The first-order valence-electron chi connectivity index (χ1n) is 16.8. The van der Waals surface area contributed by atoms with Gasteiger partial charge in [0.2, 0.25) is 11.8 Å². The van der Waals surface area contributed by atoms with E-state index in [1.165, 1.54) is 21.9 Å². The Balaban J connectivity index is 0.000000285. The Hall–Kier alpha value is -5.05. The third-order valence-electron chi connectivity index (χ3n) is 7.00. The first-order valence-corrected chi connectivity index (χ1v) is 16.8. The van der Waals surface area contributed by atoms with E-state index >= 15 is 0 Å². The molecule has 2 amide bonds. The van der Waals surface area contributed by atoms with Crippen molar-refractivity contribution in [1.29, 1.82) is 0 Å². The number of nitrogens with zero attached hydrogens (tertiary/aromatic N) is 2. The third kappa shape index (κ3) is 15.2. The molecular formula is C44H42F4N2O2Ti. The van der Waals surface area contributed by atoms with Crippen molar-refractivity contribution in [1.82, 2.24) is 0 Å². The van der Waals surface area contributed by atoms with Gasteiger partial charge in [0.25, 0.3) is 0 Å². The number of benzene rings is 4. The van der Waals surface area contributed by atoms with Gasteiger partial charge < -0.3 is 9.80 Å². The summed E-state index contributed by atoms with van der Waals surface area (Å²) in [5.74, 6) is -3.64. The van der Waals surface area contributed by atoms with Gasteiger partial charge in [0, 0.05) is 47.5 Å². The van der Waals surface area contributed by atoms with Crippen molar-refractivity contribution in [3.63, 3.8) is 0 Å². The van der Waals surface area contributed by atoms with Gasteiger partial charge in [-0.25, -0.2) is 41.8 Å². The first-order chi connectivity index (χ1) is 25.0. The van der Waals surface area contributed by atoms with Gasteiger partial charge in [-0.05, 0) is 47.5 Å². The molecule has 4 nitrogen and oxygen atoms in total. The smallest absolute Gasteiger partial charge is 0.359 e. The molecule has 6 rings (SSSR count). The molecule has 6 aromatic carbocycles. The number of amides is 2. The number of rotatable bonds is 8. The third-order valence-corrected chi connectivity index (χ3v) is 7.00. The van der Waals surface area contributed by atoms with Crippen LogP contribution in [0.4, 0.5) is 28.9 Å². The Morgan fingerprint density at radius 1 is 0.528 bits per heavy atom. The van der Waals surface area contributed by atoms with Crippen LogP contribution < -0.4 is 9.80 Å². The molecule has 0 unspecified atom stereocenters. The fraction of sp³-hybridized carbons (Fsp3) is 0.182. The molecule has 9 heteroatoms. The van der Waals surface area contributed by atoms with Crippen LogP contribution in [0.25, 0.3) is 0 Å². The van der Waals surface area contributed by atoms with E-state index in [2.05, 4.69) is 0 Å². The van der Waals surface area contributed by atoms with Gasteiger partial charge in [-0.2, -0.15) is 36.4 Å². The molecule has 272 valence electrons. The van der Waals surface area contributed by atoms with Gasteiger partial charge >= 0.3 is 21.7 Å². The molecule has 0 aromatic heterocycles. The fourth-order valence-electron chi connectivity index (χ4n) is 4.71. The summed E-state index contributed by atoms with van der Waals surface area (Å²) in [6.45, 7) is 8.38. The summed E-state index contributed by atoms with van der Waals surface area (Å²) in [6, 6.07) is 45.9. The summed E-state index contributed by atoms with van der Waals surface area (Å²) in [5, 5.41) is 0. The number of carbonyl (C=O) groups is 2. The van der Waals surface area contributed by atoms with Crippen LogP contribution in [0.1, 0.15) is 48.4 Å². The maximum Gasteiger partial charge on any atom is 4.00 e. The molecule has 0 saturated carbocycles. The topological polar surface area (TPSA) is 40.6 Å². The van der Waals surface area contributed by atoms with Crippen molar-refractivity contribution in [3.8, 4) is 0 Å². The number of halogens is 4. The molecule has 0 fully saturated rings. The van der Waals surface area contributed by atoms with E-state index in [-0.39, 0.29) is 56.7 Å². The van der Waals surface area contributed by atoms with Crippen molar-refractivity contribution in [2.45, 2.75) is 27.7 Å². The zero-order valence-corrected chi connectivity index (χ0v) is 31.7. The van der Waals surface area contributed by atoms with Gasteiger partial charge in [-0.1, -0.05) is 64.1 Å². The Labute approximate surface area is 325 Å². The maximum atomic E-state index is 13.9. The van der Waals surface area contributed by atoms with Crippen LogP contribution in [0.15, 0.2) is 146 Å². The predicted octanol–water partition coefficient (Wildman–Crippen LogP) is 10.9. The van der Waals surface area contributed by atoms with E-state index < -0.39 is 23.3 Å². The summed E-state index contributed by atoms with van der Waals surface area (Å²) >= 11 is 0. The van der Waals surface area contributed by atoms with Gasteiger partial charge in [0.05, 0.1) is 0 Å². The van der Waals surface area contributed by atoms with E-state index in [0.29, 0.717) is 24.2 Å². The predicted molar refractivity (Wildman–Crippen MR) is 200 cm³/mol. The first kappa shape index (κ1) is 44.1. The average molecular weight is 755 g/mol. The van der Waals surface area contributed by atoms with Gasteiger partial charge in [0.15, 0.2) is 0 Å². The second kappa shape index (κ2) is 23.5. The molecule has 0 saturated heterocycles. The van der Waals surface area contributed by atoms with E-state index in [1.54, 1.807) is 60.7 Å². The summed E-state index contributed by atoms with van der Waals surface area (Å²) in [6.07, 6.45) is 0. The Kier molecular flexibility index (Phi) is 19.6. The second-order valence-electron chi connectivity index (χ2n) is 12.3. The Morgan fingerprint density at radius 3 is 1.09 bits per heavy atom. The normalized spacial score (nSPS) is 10.0. The molecule has 0 aliphatic heterocycles. The zero-order valence-electron chi connectivity index (χ0n) is 30.1. The largest absolute Gasteiger partial charge is 4.00 e. The zero-order chi connectivity index (χ0) is 37.9. The van der Waals surface area contributed by atoms with E-state index in [0.717, 1.165) is 12.1 Å². The molecule has 0 N–H and O–H groups in total. The molecule has 0 heterocycles. The van der Waals surface area contributed by atoms with E-state index in [9.17, 15) is 27.2 Å². The molecule has 53 heavy (non-hydrogen) atoms. The van der Waals surface area contributed by atoms with Crippen molar-refractivity contribution >= 4 is 23.2 Å². The van der Waals surface area contributed by atoms with Crippen LogP contribution in [-0.4, -0.2) is 24.9 Å². The Bertz CT molecular complexity index is 1710. The second-order valence-corrected chi connectivity index (χ2v) is 12.3. The molecular weight excluding hydrogens is 712 g/mol. The van der Waals surface area contributed by atoms with Gasteiger partial charge in [0.1, 0.15) is 0 Å². The minimum Gasteiger partial charge on any atom is -0.359 e. The molecule has 0 bridgehead atoms. The van der Waals surface area contributed by atoms with Crippen LogP contribution in [0.3, 0.4) is 0 Å². The molecule has 6 aromatic rings. The van der Waals surface area contributed by atoms with E-state index in [1.807, 2.05) is 100 Å². The molecule has 0 aliphatic carbocycles. The SMILES string of the molecule is CC(C)CN(C(=O)c1ccccc1)c1ccc(F)[c-]c1F.CC(C)CN(C(=O)c1ccccc1)c1ccc(F)[c-]c1F.[Ti+4].c1cc[cH-]c1.c1cc[cH-]c1. The molecule has 0 spiro atoms. The minimum absolute atomic E-state index is 0. The summed E-state index contributed by atoms with van der Waals surface area (Å²) in [7, 11) is 0. The van der Waals surface area contributed by atoms with Crippen LogP contribution in [0, 0.1) is 47.2 Å². The Morgan fingerprint density at radius 2 is 0.849 bits per heavy atom. The van der Waals surface area contributed by atoms with E-state index in [4.69, 9.17) is 0 Å². The van der Waals surface area contributed by atoms with Gasteiger partial charge in [-0.15, -0.1) is 36.4 Å². The summed E-state index contributed by atoms with van der Waals surface area (Å²) < 4.78 is 53.9.